The van der Waals surface area contributed by atoms with Crippen LogP contribution >= 0.6 is 11.3 Å². The molecular formula is C7H6N4O2S. The lowest BCUT2D eigenvalue weighted by Crippen LogP contribution is -2.01. The third-order valence-corrected chi connectivity index (χ3v) is 2.37. The monoisotopic (exact) mass is 210 g/mol. The molecule has 72 valence electrons. The number of thiazole rings is 1. The van der Waals surface area contributed by atoms with Crippen LogP contribution in [0.15, 0.2) is 18.0 Å². The fraction of sp³-hybridized carbons (Fsp3) is 0.143. The van der Waals surface area contributed by atoms with E-state index in [9.17, 15) is 4.79 Å². The fourth-order valence-corrected chi connectivity index (χ4v) is 1.69. The lowest BCUT2D eigenvalue weighted by Gasteiger charge is -1.93. The molecule has 14 heavy (non-hydrogen) atoms. The van der Waals surface area contributed by atoms with Crippen LogP contribution in [0, 0.1) is 0 Å². The van der Waals surface area contributed by atoms with Gasteiger partial charge >= 0.3 is 5.97 Å². The summed E-state index contributed by atoms with van der Waals surface area (Å²) in [6.45, 7) is 0.456. The Morgan fingerprint density at radius 2 is 2.50 bits per heavy atom. The minimum Gasteiger partial charge on any atom is -0.476 e. The van der Waals surface area contributed by atoms with Crippen molar-refractivity contribution >= 4 is 17.3 Å². The molecule has 1 N–H and O–H groups in total. The number of carboxylic acid groups (broad SMARTS) is 1. The van der Waals surface area contributed by atoms with E-state index in [2.05, 4.69) is 15.1 Å². The summed E-state index contributed by atoms with van der Waals surface area (Å²) in [6.07, 6.45) is 2.98. The zero-order chi connectivity index (χ0) is 9.97. The van der Waals surface area contributed by atoms with Crippen molar-refractivity contribution in [1.29, 1.82) is 0 Å². The summed E-state index contributed by atoms with van der Waals surface area (Å²) in [5.74, 6) is -1.01. The first-order valence-electron chi connectivity index (χ1n) is 3.76. The molecule has 0 saturated heterocycles. The molecule has 0 aliphatic heterocycles. The predicted octanol–water partition coefficient (Wildman–Crippen LogP) is 0.481. The van der Waals surface area contributed by atoms with Crippen LogP contribution in [-0.4, -0.2) is 30.8 Å². The molecule has 0 saturated carbocycles. The van der Waals surface area contributed by atoms with Crippen molar-refractivity contribution in [3.63, 3.8) is 0 Å². The summed E-state index contributed by atoms with van der Waals surface area (Å²) in [6, 6.07) is 0. The Hall–Kier alpha value is -1.76. The molecule has 2 rings (SSSR count). The molecule has 0 spiro atoms. The van der Waals surface area contributed by atoms with E-state index in [1.54, 1.807) is 11.0 Å². The number of hydrogen-bond donors (Lipinski definition) is 1. The van der Waals surface area contributed by atoms with E-state index in [4.69, 9.17) is 5.11 Å². The average molecular weight is 210 g/mol. The smallest absolute Gasteiger partial charge is 0.355 e. The Balaban J connectivity index is 2.14. The van der Waals surface area contributed by atoms with Gasteiger partial charge in [0.25, 0.3) is 0 Å². The molecule has 0 radical (unpaired) electrons. The van der Waals surface area contributed by atoms with Crippen molar-refractivity contribution < 1.29 is 9.90 Å². The first-order chi connectivity index (χ1) is 6.75. The van der Waals surface area contributed by atoms with Gasteiger partial charge < -0.3 is 5.11 Å². The number of rotatable bonds is 3. The first kappa shape index (κ1) is 8.82. The minimum absolute atomic E-state index is 0.0742. The Morgan fingerprint density at radius 1 is 1.64 bits per heavy atom. The average Bonchev–Trinajstić information content (AvgIpc) is 2.75. The molecule has 2 heterocycles. The minimum atomic E-state index is -1.01. The van der Waals surface area contributed by atoms with Crippen LogP contribution in [0.3, 0.4) is 0 Å². The SMILES string of the molecule is O=C(O)c1csc(Cn2cncn2)n1. The Kier molecular flexibility index (Phi) is 2.23. The van der Waals surface area contributed by atoms with Gasteiger partial charge in [-0.05, 0) is 0 Å². The number of aromatic nitrogens is 4. The zero-order valence-corrected chi connectivity index (χ0v) is 7.81. The normalized spacial score (nSPS) is 10.3. The van der Waals surface area contributed by atoms with E-state index in [1.807, 2.05) is 0 Å². The number of carbonyl (C=O) groups is 1. The highest BCUT2D eigenvalue weighted by Crippen LogP contribution is 2.10. The van der Waals surface area contributed by atoms with E-state index in [-0.39, 0.29) is 5.69 Å². The molecule has 0 bridgehead atoms. The summed E-state index contributed by atoms with van der Waals surface area (Å²) in [4.78, 5) is 18.2. The molecule has 0 aliphatic rings. The third kappa shape index (κ3) is 1.77. The second-order valence-electron chi connectivity index (χ2n) is 2.52. The van der Waals surface area contributed by atoms with Gasteiger partial charge in [-0.25, -0.2) is 19.4 Å². The quantitative estimate of drug-likeness (QED) is 0.796. The molecule has 7 heteroatoms. The Bertz CT molecular complexity index is 436. The van der Waals surface area contributed by atoms with Crippen LogP contribution in [0.1, 0.15) is 15.5 Å². The van der Waals surface area contributed by atoms with Crippen molar-refractivity contribution in [3.05, 3.63) is 28.7 Å². The number of hydrogen-bond acceptors (Lipinski definition) is 5. The van der Waals surface area contributed by atoms with Crippen molar-refractivity contribution in [2.24, 2.45) is 0 Å². The molecule has 6 nitrogen and oxygen atoms in total. The van der Waals surface area contributed by atoms with Crippen LogP contribution in [-0.2, 0) is 6.54 Å². The summed E-state index contributed by atoms with van der Waals surface area (Å²) >= 11 is 1.30. The molecule has 0 aromatic carbocycles. The van der Waals surface area contributed by atoms with Crippen LogP contribution in [0.5, 0.6) is 0 Å². The van der Waals surface area contributed by atoms with Gasteiger partial charge in [0.15, 0.2) is 5.69 Å². The van der Waals surface area contributed by atoms with E-state index in [0.29, 0.717) is 11.6 Å². The first-order valence-corrected chi connectivity index (χ1v) is 4.64. The highest BCUT2D eigenvalue weighted by molar-refractivity contribution is 7.09. The van der Waals surface area contributed by atoms with E-state index in [0.717, 1.165) is 0 Å². The summed E-state index contributed by atoms with van der Waals surface area (Å²) in [7, 11) is 0. The molecule has 0 amide bonds. The maximum atomic E-state index is 10.5. The van der Waals surface area contributed by atoms with Crippen LogP contribution < -0.4 is 0 Å². The Labute approximate surface area is 82.9 Å². The lowest BCUT2D eigenvalue weighted by atomic mass is 10.5. The molecule has 0 unspecified atom stereocenters. The summed E-state index contributed by atoms with van der Waals surface area (Å²) in [5.41, 5.74) is 0.0742. The van der Waals surface area contributed by atoms with Gasteiger partial charge in [0.1, 0.15) is 17.7 Å². The fourth-order valence-electron chi connectivity index (χ4n) is 0.935. The van der Waals surface area contributed by atoms with E-state index >= 15 is 0 Å². The highest BCUT2D eigenvalue weighted by atomic mass is 32.1. The number of aromatic carboxylic acids is 1. The van der Waals surface area contributed by atoms with Gasteiger partial charge in [-0.15, -0.1) is 11.3 Å². The second-order valence-corrected chi connectivity index (χ2v) is 3.47. The van der Waals surface area contributed by atoms with Crippen molar-refractivity contribution in [2.45, 2.75) is 6.54 Å². The van der Waals surface area contributed by atoms with Crippen molar-refractivity contribution in [2.75, 3.05) is 0 Å². The predicted molar refractivity (Wildman–Crippen MR) is 48.2 cm³/mol. The molecule has 0 aliphatic carbocycles. The summed E-state index contributed by atoms with van der Waals surface area (Å²) < 4.78 is 1.59. The van der Waals surface area contributed by atoms with Crippen molar-refractivity contribution in [3.8, 4) is 0 Å². The second kappa shape index (κ2) is 3.54. The van der Waals surface area contributed by atoms with Gasteiger partial charge in [0.2, 0.25) is 0 Å². The molecular weight excluding hydrogens is 204 g/mol. The van der Waals surface area contributed by atoms with Crippen LogP contribution in [0.25, 0.3) is 0 Å². The van der Waals surface area contributed by atoms with Gasteiger partial charge in [-0.2, -0.15) is 5.10 Å². The molecule has 0 fully saturated rings. The maximum Gasteiger partial charge on any atom is 0.355 e. The summed E-state index contributed by atoms with van der Waals surface area (Å²) in [5, 5.41) is 14.7. The molecule has 2 aromatic rings. The third-order valence-electron chi connectivity index (χ3n) is 1.53. The van der Waals surface area contributed by atoms with Gasteiger partial charge in [0.05, 0.1) is 6.54 Å². The lowest BCUT2D eigenvalue weighted by molar-refractivity contribution is 0.0691. The van der Waals surface area contributed by atoms with Gasteiger partial charge in [0, 0.05) is 5.38 Å². The topological polar surface area (TPSA) is 80.9 Å². The number of nitrogens with zero attached hydrogens (tertiary/aromatic N) is 4. The zero-order valence-electron chi connectivity index (χ0n) is 6.99. The molecule has 2 aromatic heterocycles. The van der Waals surface area contributed by atoms with E-state index < -0.39 is 5.97 Å². The largest absolute Gasteiger partial charge is 0.476 e. The van der Waals surface area contributed by atoms with E-state index in [1.165, 1.54) is 23.0 Å². The maximum absolute atomic E-state index is 10.5. The standard InChI is InChI=1S/C7H6N4O2S/c12-7(13)5-2-14-6(10-5)1-11-4-8-3-9-11/h2-4H,1H2,(H,12,13). The van der Waals surface area contributed by atoms with Crippen LogP contribution in [0.4, 0.5) is 0 Å². The van der Waals surface area contributed by atoms with Crippen molar-refractivity contribution in [1.82, 2.24) is 19.7 Å². The molecule has 0 atom stereocenters. The van der Waals surface area contributed by atoms with Gasteiger partial charge in [-0.1, -0.05) is 0 Å². The van der Waals surface area contributed by atoms with Crippen LogP contribution in [0.2, 0.25) is 0 Å². The Morgan fingerprint density at radius 3 is 3.07 bits per heavy atom. The van der Waals surface area contributed by atoms with Gasteiger partial charge in [-0.3, -0.25) is 0 Å². The highest BCUT2D eigenvalue weighted by Gasteiger charge is 2.08. The number of carboxylic acids is 1.